The molecule has 0 unspecified atom stereocenters. The molecule has 2 heterocycles. The van der Waals surface area contributed by atoms with Gasteiger partial charge in [-0.2, -0.15) is 0 Å². The van der Waals surface area contributed by atoms with E-state index < -0.39 is 23.8 Å². The fraction of sp³-hybridized carbons (Fsp3) is 0.0833. The number of nitrogens with zero attached hydrogens (tertiary/aromatic N) is 1. The van der Waals surface area contributed by atoms with Gasteiger partial charge in [-0.15, -0.1) is 0 Å². The number of rotatable bonds is 5. The molecule has 1 aliphatic heterocycles. The van der Waals surface area contributed by atoms with Crippen LogP contribution in [0, 0.1) is 0 Å². The Morgan fingerprint density at radius 3 is 2.27 bits per heavy atom. The molecule has 0 aliphatic carbocycles. The van der Waals surface area contributed by atoms with Crippen LogP contribution in [0.5, 0.6) is 5.75 Å². The van der Waals surface area contributed by atoms with Crippen LogP contribution in [-0.2, 0) is 14.3 Å². The SMILES string of the molecule is COC(=O)c1ccc(-c2ccc(C=C3C(=O)NC(=O)N(c4ccc(OC)cc4)C3=O)o2)cc1. The van der Waals surface area contributed by atoms with E-state index in [0.717, 1.165) is 4.90 Å². The van der Waals surface area contributed by atoms with Crippen molar-refractivity contribution in [3.05, 3.63) is 77.6 Å². The summed E-state index contributed by atoms with van der Waals surface area (Å²) in [6, 6.07) is 15.2. The normalized spacial score (nSPS) is 14.9. The number of anilines is 1. The van der Waals surface area contributed by atoms with Gasteiger partial charge in [0.05, 0.1) is 25.5 Å². The second kappa shape index (κ2) is 8.83. The largest absolute Gasteiger partial charge is 0.497 e. The van der Waals surface area contributed by atoms with E-state index in [9.17, 15) is 19.2 Å². The van der Waals surface area contributed by atoms with Gasteiger partial charge in [0.15, 0.2) is 0 Å². The summed E-state index contributed by atoms with van der Waals surface area (Å²) >= 11 is 0. The van der Waals surface area contributed by atoms with Crippen LogP contribution in [0.3, 0.4) is 0 Å². The van der Waals surface area contributed by atoms with E-state index in [0.29, 0.717) is 22.6 Å². The second-order valence-corrected chi connectivity index (χ2v) is 6.93. The van der Waals surface area contributed by atoms with Crippen molar-refractivity contribution in [2.75, 3.05) is 19.1 Å². The van der Waals surface area contributed by atoms with Gasteiger partial charge in [0.1, 0.15) is 22.8 Å². The zero-order valence-corrected chi connectivity index (χ0v) is 17.7. The lowest BCUT2D eigenvalue weighted by atomic mass is 10.1. The third-order valence-electron chi connectivity index (χ3n) is 4.94. The fourth-order valence-corrected chi connectivity index (χ4v) is 3.24. The summed E-state index contributed by atoms with van der Waals surface area (Å²) in [4.78, 5) is 50.1. The van der Waals surface area contributed by atoms with Crippen molar-refractivity contribution >= 4 is 35.6 Å². The van der Waals surface area contributed by atoms with Gasteiger partial charge in [-0.1, -0.05) is 12.1 Å². The molecule has 1 saturated heterocycles. The lowest BCUT2D eigenvalue weighted by molar-refractivity contribution is -0.122. The monoisotopic (exact) mass is 446 g/mol. The van der Waals surface area contributed by atoms with Crippen LogP contribution in [0.1, 0.15) is 16.1 Å². The number of carbonyl (C=O) groups excluding carboxylic acids is 4. The number of methoxy groups -OCH3 is 2. The highest BCUT2D eigenvalue weighted by Gasteiger charge is 2.37. The standard InChI is InChI=1S/C24H18N2O7/c1-31-17-9-7-16(8-10-17)26-22(28)19(21(27)25-24(26)30)13-18-11-12-20(33-18)14-3-5-15(6-4-14)23(29)32-2/h3-13H,1-2H3,(H,25,27,30). The average Bonchev–Trinajstić information content (AvgIpc) is 3.30. The van der Waals surface area contributed by atoms with Crippen molar-refractivity contribution in [3.8, 4) is 17.1 Å². The summed E-state index contributed by atoms with van der Waals surface area (Å²) < 4.78 is 15.5. The molecule has 166 valence electrons. The molecule has 0 saturated carbocycles. The van der Waals surface area contributed by atoms with E-state index in [-0.39, 0.29) is 17.0 Å². The van der Waals surface area contributed by atoms with Crippen molar-refractivity contribution < 1.29 is 33.1 Å². The molecule has 9 nitrogen and oxygen atoms in total. The molecule has 2 aromatic carbocycles. The van der Waals surface area contributed by atoms with Crippen LogP contribution >= 0.6 is 0 Å². The maximum absolute atomic E-state index is 13.0. The second-order valence-electron chi connectivity index (χ2n) is 6.93. The van der Waals surface area contributed by atoms with Gasteiger partial charge < -0.3 is 13.9 Å². The molecular formula is C24H18N2O7. The van der Waals surface area contributed by atoms with E-state index in [2.05, 4.69) is 10.1 Å². The van der Waals surface area contributed by atoms with Gasteiger partial charge in [0.25, 0.3) is 11.8 Å². The Labute approximate surface area is 188 Å². The maximum atomic E-state index is 13.0. The minimum Gasteiger partial charge on any atom is -0.497 e. The molecule has 1 fully saturated rings. The van der Waals surface area contributed by atoms with Gasteiger partial charge in [-0.3, -0.25) is 14.9 Å². The van der Waals surface area contributed by atoms with Crippen molar-refractivity contribution in [3.63, 3.8) is 0 Å². The van der Waals surface area contributed by atoms with Gasteiger partial charge >= 0.3 is 12.0 Å². The maximum Gasteiger partial charge on any atom is 0.337 e. The first-order valence-electron chi connectivity index (χ1n) is 9.75. The zero-order chi connectivity index (χ0) is 23.5. The van der Waals surface area contributed by atoms with Crippen LogP contribution in [0.2, 0.25) is 0 Å². The van der Waals surface area contributed by atoms with Crippen LogP contribution in [0.15, 0.2) is 70.7 Å². The predicted octanol–water partition coefficient (Wildman–Crippen LogP) is 3.41. The number of esters is 1. The van der Waals surface area contributed by atoms with Gasteiger partial charge in [0, 0.05) is 5.56 Å². The molecular weight excluding hydrogens is 428 g/mol. The topological polar surface area (TPSA) is 115 Å². The van der Waals surface area contributed by atoms with Crippen molar-refractivity contribution in [2.24, 2.45) is 0 Å². The highest BCUT2D eigenvalue weighted by Crippen LogP contribution is 2.27. The average molecular weight is 446 g/mol. The lowest BCUT2D eigenvalue weighted by Gasteiger charge is -2.26. The first-order valence-corrected chi connectivity index (χ1v) is 9.75. The number of hydrogen-bond donors (Lipinski definition) is 1. The molecule has 9 heteroatoms. The summed E-state index contributed by atoms with van der Waals surface area (Å²) in [6.45, 7) is 0. The molecule has 0 radical (unpaired) electrons. The van der Waals surface area contributed by atoms with Crippen molar-refractivity contribution in [2.45, 2.75) is 0 Å². The summed E-state index contributed by atoms with van der Waals surface area (Å²) in [5.41, 5.74) is 1.10. The summed E-state index contributed by atoms with van der Waals surface area (Å²) in [5, 5.41) is 2.16. The lowest BCUT2D eigenvalue weighted by Crippen LogP contribution is -2.54. The first-order chi connectivity index (χ1) is 15.9. The Morgan fingerprint density at radius 2 is 1.64 bits per heavy atom. The Morgan fingerprint density at radius 1 is 0.939 bits per heavy atom. The van der Waals surface area contributed by atoms with Crippen LogP contribution in [0.4, 0.5) is 10.5 Å². The molecule has 0 bridgehead atoms. The number of imide groups is 2. The summed E-state index contributed by atoms with van der Waals surface area (Å²) in [5.74, 6) is -0.804. The highest BCUT2D eigenvalue weighted by molar-refractivity contribution is 6.39. The van der Waals surface area contributed by atoms with Crippen LogP contribution < -0.4 is 15.0 Å². The smallest absolute Gasteiger partial charge is 0.337 e. The molecule has 1 aromatic heterocycles. The summed E-state index contributed by atoms with van der Waals surface area (Å²) in [7, 11) is 2.80. The quantitative estimate of drug-likeness (QED) is 0.363. The first kappa shape index (κ1) is 21.6. The Kier molecular flexibility index (Phi) is 5.77. The van der Waals surface area contributed by atoms with Crippen molar-refractivity contribution in [1.82, 2.24) is 5.32 Å². The van der Waals surface area contributed by atoms with Gasteiger partial charge in [-0.25, -0.2) is 14.5 Å². The number of urea groups is 1. The number of benzene rings is 2. The van der Waals surface area contributed by atoms with Crippen LogP contribution in [0.25, 0.3) is 17.4 Å². The van der Waals surface area contributed by atoms with E-state index in [1.807, 2.05) is 0 Å². The minimum atomic E-state index is -0.849. The van der Waals surface area contributed by atoms with E-state index in [1.165, 1.54) is 32.4 Å². The third-order valence-corrected chi connectivity index (χ3v) is 4.94. The van der Waals surface area contributed by atoms with Gasteiger partial charge in [-0.05, 0) is 54.6 Å². The molecule has 3 aromatic rings. The van der Waals surface area contributed by atoms with Crippen molar-refractivity contribution in [1.29, 1.82) is 0 Å². The Bertz CT molecular complexity index is 1270. The zero-order valence-electron chi connectivity index (χ0n) is 17.7. The molecule has 1 aliphatic rings. The van der Waals surface area contributed by atoms with E-state index in [1.54, 1.807) is 48.5 Å². The summed E-state index contributed by atoms with van der Waals surface area (Å²) in [6.07, 6.45) is 1.27. The molecule has 33 heavy (non-hydrogen) atoms. The van der Waals surface area contributed by atoms with Gasteiger partial charge in [0.2, 0.25) is 0 Å². The Hall–Kier alpha value is -4.66. The minimum absolute atomic E-state index is 0.240. The number of hydrogen-bond acceptors (Lipinski definition) is 7. The molecule has 0 atom stereocenters. The highest BCUT2D eigenvalue weighted by atomic mass is 16.5. The molecule has 1 N–H and O–H groups in total. The number of nitrogens with one attached hydrogen (secondary N) is 1. The molecule has 4 amide bonds. The third kappa shape index (κ3) is 4.24. The van der Waals surface area contributed by atoms with E-state index >= 15 is 0 Å². The number of barbiturate groups is 1. The molecule has 0 spiro atoms. The van der Waals surface area contributed by atoms with E-state index in [4.69, 9.17) is 9.15 Å². The predicted molar refractivity (Wildman–Crippen MR) is 117 cm³/mol. The Balaban J connectivity index is 1.60. The number of furan rings is 1. The molecule has 4 rings (SSSR count). The van der Waals surface area contributed by atoms with Crippen LogP contribution in [-0.4, -0.2) is 38.0 Å². The fourth-order valence-electron chi connectivity index (χ4n) is 3.24. The number of amides is 4. The number of carbonyl (C=O) groups is 4. The number of ether oxygens (including phenoxy) is 2.